The lowest BCUT2D eigenvalue weighted by Crippen LogP contribution is -2.21. The average molecular weight is 463 g/mol. The molecular weight excluding hydrogens is 442 g/mol. The fourth-order valence-electron chi connectivity index (χ4n) is 2.66. The van der Waals surface area contributed by atoms with Crippen molar-refractivity contribution in [3.63, 3.8) is 0 Å². The third-order valence-corrected chi connectivity index (χ3v) is 4.43. The van der Waals surface area contributed by atoms with Crippen molar-refractivity contribution in [2.75, 3.05) is 14.2 Å². The van der Waals surface area contributed by atoms with Crippen molar-refractivity contribution in [1.82, 2.24) is 15.8 Å². The van der Waals surface area contributed by atoms with Crippen LogP contribution in [0.1, 0.15) is 32.0 Å². The molecular formula is C23H21N5O6. The predicted octanol–water partition coefficient (Wildman–Crippen LogP) is 2.04. The van der Waals surface area contributed by atoms with Gasteiger partial charge in [-0.2, -0.15) is 10.2 Å². The second-order valence-corrected chi connectivity index (χ2v) is 6.69. The lowest BCUT2D eigenvalue weighted by atomic mass is 10.2. The minimum Gasteiger partial charge on any atom is -0.504 e. The quantitative estimate of drug-likeness (QED) is 0.294. The molecule has 174 valence electrons. The normalized spacial score (nSPS) is 10.9. The molecule has 1 heterocycles. The Bertz CT molecular complexity index is 1140. The van der Waals surface area contributed by atoms with Crippen LogP contribution in [-0.2, 0) is 0 Å². The van der Waals surface area contributed by atoms with Crippen LogP contribution in [0, 0.1) is 0 Å². The Morgan fingerprint density at radius 2 is 1.35 bits per heavy atom. The van der Waals surface area contributed by atoms with E-state index in [1.807, 2.05) is 0 Å². The fraction of sp³-hybridized carbons (Fsp3) is 0.0870. The van der Waals surface area contributed by atoms with Crippen LogP contribution in [0.5, 0.6) is 23.0 Å². The third-order valence-electron chi connectivity index (χ3n) is 4.43. The maximum atomic E-state index is 12.2. The topological polar surface area (TPSA) is 155 Å². The molecule has 34 heavy (non-hydrogen) atoms. The number of methoxy groups -OCH3 is 2. The zero-order valence-electron chi connectivity index (χ0n) is 18.2. The Morgan fingerprint density at radius 3 is 1.82 bits per heavy atom. The molecule has 0 aliphatic rings. The van der Waals surface area contributed by atoms with Crippen LogP contribution in [-0.4, -0.2) is 53.7 Å². The minimum absolute atomic E-state index is 0.00911. The predicted molar refractivity (Wildman–Crippen MR) is 124 cm³/mol. The van der Waals surface area contributed by atoms with Gasteiger partial charge in [0.1, 0.15) is 5.69 Å². The first kappa shape index (κ1) is 23.7. The first-order valence-corrected chi connectivity index (χ1v) is 9.78. The highest BCUT2D eigenvalue weighted by Gasteiger charge is 2.10. The SMILES string of the molecule is COc1cc(/C=N\NC(=O)c2ccc(C(=O)N/N=C\c3ccc(O)c(OC)c3)nc2)ccc1O. The van der Waals surface area contributed by atoms with Crippen LogP contribution in [0.4, 0.5) is 0 Å². The van der Waals surface area contributed by atoms with E-state index in [-0.39, 0.29) is 34.3 Å². The van der Waals surface area contributed by atoms with Gasteiger partial charge in [0.25, 0.3) is 11.8 Å². The molecule has 2 amide bonds. The molecule has 2 aromatic carbocycles. The van der Waals surface area contributed by atoms with Crippen molar-refractivity contribution in [1.29, 1.82) is 0 Å². The average Bonchev–Trinajstić information content (AvgIpc) is 2.86. The molecule has 0 saturated heterocycles. The molecule has 3 aromatic rings. The molecule has 0 unspecified atom stereocenters. The maximum absolute atomic E-state index is 12.2. The number of hydrazone groups is 2. The van der Waals surface area contributed by atoms with E-state index >= 15 is 0 Å². The van der Waals surface area contributed by atoms with E-state index in [0.717, 1.165) is 0 Å². The number of ether oxygens (including phenoxy) is 2. The van der Waals surface area contributed by atoms with Gasteiger partial charge in [-0.25, -0.2) is 10.9 Å². The van der Waals surface area contributed by atoms with Gasteiger partial charge in [-0.1, -0.05) is 0 Å². The van der Waals surface area contributed by atoms with E-state index in [1.165, 1.54) is 57.1 Å². The number of carbonyl (C=O) groups excluding carboxylic acids is 2. The van der Waals surface area contributed by atoms with Gasteiger partial charge in [-0.05, 0) is 59.7 Å². The lowest BCUT2D eigenvalue weighted by Gasteiger charge is -2.04. The number of amides is 2. The summed E-state index contributed by atoms with van der Waals surface area (Å²) in [5.41, 5.74) is 6.12. The summed E-state index contributed by atoms with van der Waals surface area (Å²) in [4.78, 5) is 28.4. The minimum atomic E-state index is -0.576. The molecule has 11 heteroatoms. The molecule has 11 nitrogen and oxygen atoms in total. The summed E-state index contributed by atoms with van der Waals surface area (Å²) in [6.07, 6.45) is 4.00. The van der Waals surface area contributed by atoms with Crippen LogP contribution in [0.2, 0.25) is 0 Å². The van der Waals surface area contributed by atoms with E-state index in [9.17, 15) is 19.8 Å². The van der Waals surface area contributed by atoms with Crippen molar-refractivity contribution < 1.29 is 29.3 Å². The Balaban J connectivity index is 1.55. The highest BCUT2D eigenvalue weighted by atomic mass is 16.5. The van der Waals surface area contributed by atoms with Gasteiger partial charge in [0.15, 0.2) is 23.0 Å². The molecule has 0 radical (unpaired) electrons. The van der Waals surface area contributed by atoms with Gasteiger partial charge in [-0.3, -0.25) is 14.6 Å². The molecule has 1 aromatic heterocycles. The Kier molecular flexibility index (Phi) is 7.74. The van der Waals surface area contributed by atoms with E-state index in [2.05, 4.69) is 26.0 Å². The molecule has 0 aliphatic carbocycles. The molecule has 3 rings (SSSR count). The summed E-state index contributed by atoms with van der Waals surface area (Å²) in [6.45, 7) is 0. The number of phenolic OH excluding ortho intramolecular Hbond substituents is 2. The monoisotopic (exact) mass is 463 g/mol. The van der Waals surface area contributed by atoms with Gasteiger partial charge in [-0.15, -0.1) is 0 Å². The summed E-state index contributed by atoms with van der Waals surface area (Å²) in [6, 6.07) is 12.0. The number of aromatic hydroxyl groups is 2. The van der Waals surface area contributed by atoms with Gasteiger partial charge in [0, 0.05) is 6.20 Å². The Hall–Kier alpha value is -4.93. The standard InChI is InChI=1S/C23H21N5O6/c1-33-20-9-14(3-7-18(20)29)11-25-27-22(31)16-5-6-17(24-13-16)23(32)28-26-12-15-4-8-19(30)21(10-15)34-2/h3-13,29-30H,1-2H3,(H,27,31)(H,28,32)/b25-11-,26-12-. The summed E-state index contributed by atoms with van der Waals surface area (Å²) in [7, 11) is 2.85. The first-order valence-electron chi connectivity index (χ1n) is 9.78. The van der Waals surface area contributed by atoms with E-state index in [1.54, 1.807) is 24.3 Å². The number of aromatic nitrogens is 1. The van der Waals surface area contributed by atoms with Crippen molar-refractivity contribution in [2.24, 2.45) is 10.2 Å². The largest absolute Gasteiger partial charge is 0.504 e. The second kappa shape index (κ2) is 11.1. The number of hydrogen-bond acceptors (Lipinski definition) is 9. The number of nitrogens with zero attached hydrogens (tertiary/aromatic N) is 3. The van der Waals surface area contributed by atoms with E-state index in [4.69, 9.17) is 9.47 Å². The number of benzene rings is 2. The van der Waals surface area contributed by atoms with Crippen LogP contribution < -0.4 is 20.3 Å². The van der Waals surface area contributed by atoms with Crippen LogP contribution in [0.25, 0.3) is 0 Å². The molecule has 0 aliphatic heterocycles. The third kappa shape index (κ3) is 6.07. The number of nitrogens with one attached hydrogen (secondary N) is 2. The number of pyridine rings is 1. The first-order chi connectivity index (χ1) is 16.4. The summed E-state index contributed by atoms with van der Waals surface area (Å²) in [5, 5.41) is 26.9. The molecule has 0 saturated carbocycles. The number of rotatable bonds is 8. The molecule has 4 N–H and O–H groups in total. The highest BCUT2D eigenvalue weighted by molar-refractivity contribution is 5.97. The molecule has 0 atom stereocenters. The van der Waals surface area contributed by atoms with Gasteiger partial charge in [0.2, 0.25) is 0 Å². The zero-order chi connectivity index (χ0) is 24.5. The smallest absolute Gasteiger partial charge is 0.289 e. The van der Waals surface area contributed by atoms with Gasteiger partial charge < -0.3 is 19.7 Å². The number of carbonyl (C=O) groups is 2. The Morgan fingerprint density at radius 1 is 0.824 bits per heavy atom. The molecule has 0 fully saturated rings. The zero-order valence-corrected chi connectivity index (χ0v) is 18.2. The van der Waals surface area contributed by atoms with Gasteiger partial charge >= 0.3 is 0 Å². The maximum Gasteiger partial charge on any atom is 0.289 e. The fourth-order valence-corrected chi connectivity index (χ4v) is 2.66. The van der Waals surface area contributed by atoms with Crippen LogP contribution >= 0.6 is 0 Å². The van der Waals surface area contributed by atoms with Crippen LogP contribution in [0.15, 0.2) is 64.9 Å². The number of hydrogen-bond donors (Lipinski definition) is 4. The van der Waals surface area contributed by atoms with Crippen molar-refractivity contribution in [3.05, 3.63) is 77.1 Å². The Labute approximate surface area is 194 Å². The highest BCUT2D eigenvalue weighted by Crippen LogP contribution is 2.26. The van der Waals surface area contributed by atoms with Gasteiger partial charge in [0.05, 0.1) is 32.2 Å². The van der Waals surface area contributed by atoms with Crippen molar-refractivity contribution in [3.8, 4) is 23.0 Å². The van der Waals surface area contributed by atoms with E-state index in [0.29, 0.717) is 11.1 Å². The number of phenols is 2. The molecule has 0 spiro atoms. The second-order valence-electron chi connectivity index (χ2n) is 6.69. The van der Waals surface area contributed by atoms with Crippen molar-refractivity contribution >= 4 is 24.2 Å². The van der Waals surface area contributed by atoms with Crippen LogP contribution in [0.3, 0.4) is 0 Å². The summed E-state index contributed by atoms with van der Waals surface area (Å²) >= 11 is 0. The summed E-state index contributed by atoms with van der Waals surface area (Å²) in [5.74, 6) is -0.569. The lowest BCUT2D eigenvalue weighted by molar-refractivity contribution is 0.0939. The van der Waals surface area contributed by atoms with Crippen molar-refractivity contribution in [2.45, 2.75) is 0 Å². The van der Waals surface area contributed by atoms with E-state index < -0.39 is 11.8 Å². The summed E-state index contributed by atoms with van der Waals surface area (Å²) < 4.78 is 10.0. The molecule has 0 bridgehead atoms.